The van der Waals surface area contributed by atoms with Crippen LogP contribution in [-0.4, -0.2) is 23.0 Å². The van der Waals surface area contributed by atoms with Gasteiger partial charge in [0, 0.05) is 19.2 Å². The summed E-state index contributed by atoms with van der Waals surface area (Å²) in [6.07, 6.45) is 3.12. The maximum Gasteiger partial charge on any atom is 0.311 e. The van der Waals surface area contributed by atoms with Crippen LogP contribution < -0.4 is 16.2 Å². The fourth-order valence-corrected chi connectivity index (χ4v) is 2.53. The van der Waals surface area contributed by atoms with Gasteiger partial charge in [-0.1, -0.05) is 13.8 Å². The van der Waals surface area contributed by atoms with Gasteiger partial charge in [-0.15, -0.1) is 0 Å². The van der Waals surface area contributed by atoms with E-state index in [1.165, 1.54) is 12.1 Å². The van der Waals surface area contributed by atoms with Crippen LogP contribution in [0, 0.1) is 15.5 Å². The third-order valence-electron chi connectivity index (χ3n) is 3.84. The zero-order chi connectivity index (χ0) is 14.8. The molecule has 0 bridgehead atoms. The first-order valence-electron chi connectivity index (χ1n) is 6.80. The van der Waals surface area contributed by atoms with Crippen LogP contribution in [0.1, 0.15) is 33.1 Å². The van der Waals surface area contributed by atoms with Crippen LogP contribution in [0.2, 0.25) is 0 Å². The summed E-state index contributed by atoms with van der Waals surface area (Å²) in [5.41, 5.74) is 2.75. The predicted molar refractivity (Wildman–Crippen MR) is 78.5 cm³/mol. The molecule has 1 saturated heterocycles. The lowest BCUT2D eigenvalue weighted by atomic mass is 9.85. The summed E-state index contributed by atoms with van der Waals surface area (Å²) in [4.78, 5) is 17.0. The Kier molecular flexibility index (Phi) is 4.08. The molecule has 20 heavy (non-hydrogen) atoms. The zero-order valence-corrected chi connectivity index (χ0v) is 11.9. The number of rotatable bonds is 3. The Morgan fingerprint density at radius 2 is 2.15 bits per heavy atom. The van der Waals surface area contributed by atoms with Crippen LogP contribution in [0.25, 0.3) is 0 Å². The molecular weight excluding hydrogens is 258 g/mol. The van der Waals surface area contributed by atoms with Gasteiger partial charge in [0.05, 0.1) is 4.92 Å². The number of hydrazine groups is 1. The summed E-state index contributed by atoms with van der Waals surface area (Å²) in [6.45, 7) is 6.02. The van der Waals surface area contributed by atoms with Gasteiger partial charge in [-0.3, -0.25) is 10.1 Å². The van der Waals surface area contributed by atoms with Crippen molar-refractivity contribution in [2.75, 3.05) is 23.4 Å². The summed E-state index contributed by atoms with van der Waals surface area (Å²) in [7, 11) is 0. The normalized spacial score (nSPS) is 18.4. The number of nitrogen functional groups attached to an aromatic ring is 1. The molecule has 3 N–H and O–H groups in total. The van der Waals surface area contributed by atoms with Crippen LogP contribution in [0.5, 0.6) is 0 Å². The van der Waals surface area contributed by atoms with Gasteiger partial charge in [0.15, 0.2) is 0 Å². The smallest absolute Gasteiger partial charge is 0.311 e. The SMILES string of the molecule is CC1(C)CCCN(c2nc(NN)ccc2[N+](=O)[O-])CC1. The third-order valence-corrected chi connectivity index (χ3v) is 3.84. The fourth-order valence-electron chi connectivity index (χ4n) is 2.53. The maximum atomic E-state index is 11.2. The van der Waals surface area contributed by atoms with Crippen LogP contribution in [0.3, 0.4) is 0 Å². The Labute approximate surface area is 118 Å². The molecule has 1 aliphatic heterocycles. The van der Waals surface area contributed by atoms with Crippen molar-refractivity contribution >= 4 is 17.3 Å². The van der Waals surface area contributed by atoms with Gasteiger partial charge in [-0.05, 0) is 30.7 Å². The highest BCUT2D eigenvalue weighted by molar-refractivity contribution is 5.61. The number of nitrogens with zero attached hydrogens (tertiary/aromatic N) is 3. The highest BCUT2D eigenvalue weighted by Gasteiger charge is 2.27. The monoisotopic (exact) mass is 279 g/mol. The van der Waals surface area contributed by atoms with E-state index in [0.717, 1.165) is 32.4 Å². The summed E-state index contributed by atoms with van der Waals surface area (Å²) in [5.74, 6) is 6.19. The quantitative estimate of drug-likeness (QED) is 0.500. The molecule has 1 aromatic heterocycles. The Morgan fingerprint density at radius 3 is 2.80 bits per heavy atom. The zero-order valence-electron chi connectivity index (χ0n) is 11.9. The first-order chi connectivity index (χ1) is 9.43. The summed E-state index contributed by atoms with van der Waals surface area (Å²) >= 11 is 0. The van der Waals surface area contributed by atoms with Crippen LogP contribution in [0.15, 0.2) is 12.1 Å². The Balaban J connectivity index is 2.32. The number of hydrogen-bond donors (Lipinski definition) is 2. The largest absolute Gasteiger partial charge is 0.351 e. The van der Waals surface area contributed by atoms with Gasteiger partial charge in [0.25, 0.3) is 0 Å². The van der Waals surface area contributed by atoms with Crippen molar-refractivity contribution in [2.24, 2.45) is 11.3 Å². The molecule has 1 fully saturated rings. The maximum absolute atomic E-state index is 11.2. The molecule has 2 heterocycles. The van der Waals surface area contributed by atoms with E-state index in [-0.39, 0.29) is 11.1 Å². The first kappa shape index (κ1) is 14.5. The van der Waals surface area contributed by atoms with Gasteiger partial charge in [-0.2, -0.15) is 0 Å². The molecule has 110 valence electrons. The second kappa shape index (κ2) is 5.62. The van der Waals surface area contributed by atoms with Crippen molar-refractivity contribution in [2.45, 2.75) is 33.1 Å². The lowest BCUT2D eigenvalue weighted by Gasteiger charge is -2.24. The van der Waals surface area contributed by atoms with Gasteiger partial charge < -0.3 is 10.3 Å². The number of hydrogen-bond acceptors (Lipinski definition) is 6. The number of nitro groups is 1. The van der Waals surface area contributed by atoms with Crippen molar-refractivity contribution in [3.63, 3.8) is 0 Å². The minimum atomic E-state index is -0.390. The van der Waals surface area contributed by atoms with Crippen molar-refractivity contribution in [3.05, 3.63) is 22.2 Å². The molecular formula is C13H21N5O2. The number of nitrogens with two attached hydrogens (primary N) is 1. The molecule has 0 amide bonds. The van der Waals surface area contributed by atoms with Gasteiger partial charge in [-0.25, -0.2) is 10.8 Å². The van der Waals surface area contributed by atoms with E-state index < -0.39 is 4.92 Å². The average Bonchev–Trinajstić information content (AvgIpc) is 2.58. The number of nitrogens with one attached hydrogen (secondary N) is 1. The Morgan fingerprint density at radius 1 is 1.40 bits per heavy atom. The highest BCUT2D eigenvalue weighted by Crippen LogP contribution is 2.34. The molecule has 0 saturated carbocycles. The van der Waals surface area contributed by atoms with Gasteiger partial charge in [0.1, 0.15) is 5.82 Å². The molecule has 0 spiro atoms. The minimum Gasteiger partial charge on any atom is -0.351 e. The molecule has 0 aliphatic carbocycles. The lowest BCUT2D eigenvalue weighted by molar-refractivity contribution is -0.384. The molecule has 7 heteroatoms. The van der Waals surface area contributed by atoms with E-state index in [1.807, 2.05) is 4.90 Å². The number of pyridine rings is 1. The number of anilines is 2. The Bertz CT molecular complexity index is 504. The molecule has 1 aromatic rings. The first-order valence-corrected chi connectivity index (χ1v) is 6.80. The molecule has 0 unspecified atom stereocenters. The van der Waals surface area contributed by atoms with Crippen molar-refractivity contribution in [3.8, 4) is 0 Å². The summed E-state index contributed by atoms with van der Waals surface area (Å²) < 4.78 is 0. The van der Waals surface area contributed by atoms with E-state index in [1.54, 1.807) is 0 Å². The second-order valence-electron chi connectivity index (χ2n) is 5.95. The van der Waals surface area contributed by atoms with Crippen LogP contribution in [-0.2, 0) is 0 Å². The predicted octanol–water partition coefficient (Wildman–Crippen LogP) is 2.29. The van der Waals surface area contributed by atoms with Crippen LogP contribution >= 0.6 is 0 Å². The fraction of sp³-hybridized carbons (Fsp3) is 0.615. The molecule has 1 aliphatic rings. The average molecular weight is 279 g/mol. The molecule has 7 nitrogen and oxygen atoms in total. The van der Waals surface area contributed by atoms with Gasteiger partial charge in [0.2, 0.25) is 5.82 Å². The Hall–Kier alpha value is -1.89. The van der Waals surface area contributed by atoms with E-state index in [4.69, 9.17) is 5.84 Å². The highest BCUT2D eigenvalue weighted by atomic mass is 16.6. The van der Waals surface area contributed by atoms with E-state index in [0.29, 0.717) is 11.6 Å². The second-order valence-corrected chi connectivity index (χ2v) is 5.95. The van der Waals surface area contributed by atoms with Crippen molar-refractivity contribution < 1.29 is 4.92 Å². The van der Waals surface area contributed by atoms with E-state index >= 15 is 0 Å². The number of aromatic nitrogens is 1. The minimum absolute atomic E-state index is 0.0312. The summed E-state index contributed by atoms with van der Waals surface area (Å²) in [5, 5.41) is 11.2. The topological polar surface area (TPSA) is 97.3 Å². The van der Waals surface area contributed by atoms with Crippen molar-refractivity contribution in [1.82, 2.24) is 4.98 Å². The molecule has 2 rings (SSSR count). The van der Waals surface area contributed by atoms with Crippen molar-refractivity contribution in [1.29, 1.82) is 0 Å². The lowest BCUT2D eigenvalue weighted by Crippen LogP contribution is -2.27. The summed E-state index contributed by atoms with van der Waals surface area (Å²) in [6, 6.07) is 2.97. The molecule has 0 radical (unpaired) electrons. The van der Waals surface area contributed by atoms with Gasteiger partial charge >= 0.3 is 5.69 Å². The standard InChI is InChI=1S/C13H21N5O2/c1-13(2)6-3-8-17(9-7-13)12-10(18(19)20)4-5-11(15-12)16-14/h4-5H,3,6-9,14H2,1-2H3,(H,15,16). The molecule has 0 atom stereocenters. The van der Waals surface area contributed by atoms with E-state index in [2.05, 4.69) is 24.3 Å². The third kappa shape index (κ3) is 3.16. The van der Waals surface area contributed by atoms with E-state index in [9.17, 15) is 10.1 Å². The van der Waals surface area contributed by atoms with Crippen LogP contribution in [0.4, 0.5) is 17.3 Å². The molecule has 0 aromatic carbocycles.